The lowest BCUT2D eigenvalue weighted by Gasteiger charge is -2.20. The zero-order chi connectivity index (χ0) is 14.1. The molecule has 0 aliphatic heterocycles. The van der Waals surface area contributed by atoms with E-state index in [0.29, 0.717) is 13.0 Å². The van der Waals surface area contributed by atoms with Crippen LogP contribution in [0.25, 0.3) is 0 Å². The summed E-state index contributed by atoms with van der Waals surface area (Å²) in [6.07, 6.45) is 2.00. The van der Waals surface area contributed by atoms with Gasteiger partial charge >= 0.3 is 0 Å². The van der Waals surface area contributed by atoms with Crippen LogP contribution >= 0.6 is 0 Å². The Morgan fingerprint density at radius 1 is 1.37 bits per heavy atom. The molecule has 0 aliphatic carbocycles. The van der Waals surface area contributed by atoms with Crippen molar-refractivity contribution in [2.75, 3.05) is 39.2 Å². The molecule has 1 N–H and O–H groups in total. The fraction of sp³-hybridized carbons (Fsp3) is 0.583. The molecule has 0 bridgehead atoms. The number of hydrogen-bond donors (Lipinski definition) is 1. The van der Waals surface area contributed by atoms with Crippen LogP contribution in [0, 0.1) is 0 Å². The number of aliphatic hydroxyl groups is 1. The third-order valence-electron chi connectivity index (χ3n) is 2.63. The van der Waals surface area contributed by atoms with Crippen molar-refractivity contribution in [2.45, 2.75) is 6.42 Å². The Balaban J connectivity index is 2.61. The predicted octanol–water partition coefficient (Wildman–Crippen LogP) is -0.105. The minimum atomic E-state index is -3.40. The summed E-state index contributed by atoms with van der Waals surface area (Å²) in [5, 5.41) is 8.93. The normalized spacial score (nSPS) is 11.9. The molecule has 0 saturated carbocycles. The molecule has 0 saturated heterocycles. The average molecular weight is 288 g/mol. The third-order valence-corrected chi connectivity index (χ3v) is 4.50. The van der Waals surface area contributed by atoms with Crippen LogP contribution < -0.4 is 0 Å². The highest BCUT2D eigenvalue weighted by atomic mass is 32.2. The summed E-state index contributed by atoms with van der Waals surface area (Å²) >= 11 is 0. The number of methoxy groups -OCH3 is 1. The molecule has 0 aromatic carbocycles. The SMILES string of the molecule is COCCN(CCO)S(=O)(=O)CCc1ccccn1. The molecule has 1 heterocycles. The van der Waals surface area contributed by atoms with E-state index in [2.05, 4.69) is 4.98 Å². The Hall–Kier alpha value is -1.02. The van der Waals surface area contributed by atoms with E-state index in [0.717, 1.165) is 5.69 Å². The van der Waals surface area contributed by atoms with Crippen molar-refractivity contribution in [1.29, 1.82) is 0 Å². The summed E-state index contributed by atoms with van der Waals surface area (Å²) in [4.78, 5) is 4.09. The number of hydrogen-bond acceptors (Lipinski definition) is 5. The van der Waals surface area contributed by atoms with Crippen molar-refractivity contribution in [1.82, 2.24) is 9.29 Å². The van der Waals surface area contributed by atoms with E-state index >= 15 is 0 Å². The second-order valence-electron chi connectivity index (χ2n) is 4.00. The van der Waals surface area contributed by atoms with Gasteiger partial charge in [0.05, 0.1) is 19.0 Å². The van der Waals surface area contributed by atoms with Crippen LogP contribution in [0.4, 0.5) is 0 Å². The molecule has 0 amide bonds. The van der Waals surface area contributed by atoms with Gasteiger partial charge in [0.2, 0.25) is 10.0 Å². The summed E-state index contributed by atoms with van der Waals surface area (Å²) in [5.41, 5.74) is 0.738. The molecule has 7 heteroatoms. The molecule has 108 valence electrons. The molecule has 0 fully saturated rings. The van der Waals surface area contributed by atoms with Gasteiger partial charge in [-0.3, -0.25) is 4.98 Å². The minimum absolute atomic E-state index is 0.0201. The van der Waals surface area contributed by atoms with E-state index in [9.17, 15) is 8.42 Å². The van der Waals surface area contributed by atoms with Crippen LogP contribution in [0.2, 0.25) is 0 Å². The monoisotopic (exact) mass is 288 g/mol. The fourth-order valence-corrected chi connectivity index (χ4v) is 3.04. The van der Waals surface area contributed by atoms with E-state index in [1.54, 1.807) is 18.3 Å². The lowest BCUT2D eigenvalue weighted by atomic mass is 10.3. The van der Waals surface area contributed by atoms with Gasteiger partial charge in [-0.2, -0.15) is 4.31 Å². The van der Waals surface area contributed by atoms with Crippen LogP contribution in [-0.2, 0) is 21.2 Å². The van der Waals surface area contributed by atoms with Gasteiger partial charge in [0, 0.05) is 38.5 Å². The van der Waals surface area contributed by atoms with Gasteiger partial charge in [-0.05, 0) is 12.1 Å². The summed E-state index contributed by atoms with van der Waals surface area (Å²) in [7, 11) is -1.89. The second kappa shape index (κ2) is 8.21. The first-order valence-corrected chi connectivity index (χ1v) is 7.68. The topological polar surface area (TPSA) is 79.7 Å². The van der Waals surface area contributed by atoms with Gasteiger partial charge in [0.15, 0.2) is 0 Å². The van der Waals surface area contributed by atoms with Crippen molar-refractivity contribution < 1.29 is 18.3 Å². The van der Waals surface area contributed by atoms with E-state index < -0.39 is 10.0 Å². The second-order valence-corrected chi connectivity index (χ2v) is 6.09. The van der Waals surface area contributed by atoms with Crippen LogP contribution in [0.1, 0.15) is 5.69 Å². The summed E-state index contributed by atoms with van der Waals surface area (Å²) in [6.45, 7) is 0.449. The Morgan fingerprint density at radius 2 is 2.16 bits per heavy atom. The van der Waals surface area contributed by atoms with Crippen molar-refractivity contribution in [2.24, 2.45) is 0 Å². The van der Waals surface area contributed by atoms with E-state index in [-0.39, 0.29) is 25.4 Å². The average Bonchev–Trinajstić information content (AvgIpc) is 2.42. The fourth-order valence-electron chi connectivity index (χ4n) is 1.60. The van der Waals surface area contributed by atoms with Crippen molar-refractivity contribution in [3.8, 4) is 0 Å². The first-order valence-electron chi connectivity index (χ1n) is 6.07. The van der Waals surface area contributed by atoms with Gasteiger partial charge in [-0.15, -0.1) is 0 Å². The number of pyridine rings is 1. The van der Waals surface area contributed by atoms with Gasteiger partial charge in [0.1, 0.15) is 0 Å². The van der Waals surface area contributed by atoms with Gasteiger partial charge in [-0.1, -0.05) is 6.07 Å². The highest BCUT2D eigenvalue weighted by molar-refractivity contribution is 7.89. The predicted molar refractivity (Wildman–Crippen MR) is 72.3 cm³/mol. The number of nitrogens with zero attached hydrogens (tertiary/aromatic N) is 2. The molecule has 19 heavy (non-hydrogen) atoms. The molecule has 0 spiro atoms. The molecular formula is C12H20N2O4S. The molecule has 1 aromatic rings. The molecule has 0 aliphatic rings. The Morgan fingerprint density at radius 3 is 2.74 bits per heavy atom. The Labute approximate surface area is 114 Å². The maximum Gasteiger partial charge on any atom is 0.214 e. The minimum Gasteiger partial charge on any atom is -0.395 e. The highest BCUT2D eigenvalue weighted by Crippen LogP contribution is 2.05. The summed E-state index contributed by atoms with van der Waals surface area (Å²) in [5.74, 6) is -0.0201. The largest absolute Gasteiger partial charge is 0.395 e. The molecular weight excluding hydrogens is 268 g/mol. The zero-order valence-electron chi connectivity index (χ0n) is 11.0. The van der Waals surface area contributed by atoms with E-state index in [1.165, 1.54) is 11.4 Å². The van der Waals surface area contributed by atoms with Crippen LogP contribution in [0.5, 0.6) is 0 Å². The quantitative estimate of drug-likeness (QED) is 0.686. The molecule has 1 rings (SSSR count). The van der Waals surface area contributed by atoms with E-state index in [1.807, 2.05) is 6.07 Å². The molecule has 1 aromatic heterocycles. The highest BCUT2D eigenvalue weighted by Gasteiger charge is 2.21. The van der Waals surface area contributed by atoms with Crippen molar-refractivity contribution >= 4 is 10.0 Å². The van der Waals surface area contributed by atoms with Crippen LogP contribution in [0.3, 0.4) is 0 Å². The maximum absolute atomic E-state index is 12.1. The maximum atomic E-state index is 12.1. The Kier molecular flexibility index (Phi) is 6.93. The number of ether oxygens (including phenoxy) is 1. The number of sulfonamides is 1. The molecule has 0 atom stereocenters. The zero-order valence-corrected chi connectivity index (χ0v) is 11.8. The molecule has 0 unspecified atom stereocenters. The lowest BCUT2D eigenvalue weighted by Crippen LogP contribution is -2.38. The molecule has 0 radical (unpaired) electrons. The van der Waals surface area contributed by atoms with Gasteiger partial charge < -0.3 is 9.84 Å². The van der Waals surface area contributed by atoms with Crippen molar-refractivity contribution in [3.05, 3.63) is 30.1 Å². The van der Waals surface area contributed by atoms with Gasteiger partial charge in [0.25, 0.3) is 0 Å². The smallest absolute Gasteiger partial charge is 0.214 e. The van der Waals surface area contributed by atoms with Crippen molar-refractivity contribution in [3.63, 3.8) is 0 Å². The van der Waals surface area contributed by atoms with Crippen LogP contribution in [-0.4, -0.2) is 62.0 Å². The summed E-state index contributed by atoms with van der Waals surface area (Å²) < 4.78 is 30.4. The lowest BCUT2D eigenvalue weighted by molar-refractivity contribution is 0.168. The number of aromatic nitrogens is 1. The first kappa shape index (κ1) is 16.0. The van der Waals surface area contributed by atoms with E-state index in [4.69, 9.17) is 9.84 Å². The summed E-state index contributed by atoms with van der Waals surface area (Å²) in [6, 6.07) is 5.40. The number of aryl methyl sites for hydroxylation is 1. The van der Waals surface area contributed by atoms with Crippen LogP contribution in [0.15, 0.2) is 24.4 Å². The third kappa shape index (κ3) is 5.65. The standard InChI is InChI=1S/C12H20N2O4S/c1-18-10-8-14(7-9-15)19(16,17)11-5-12-4-2-3-6-13-12/h2-4,6,15H,5,7-11H2,1H3. The Bertz CT molecular complexity index is 450. The van der Waals surface area contributed by atoms with Gasteiger partial charge in [-0.25, -0.2) is 8.42 Å². The first-order chi connectivity index (χ1) is 9.10. The number of rotatable bonds is 9. The molecule has 6 nitrogen and oxygen atoms in total. The number of aliphatic hydroxyl groups excluding tert-OH is 1.